The molecule has 0 spiro atoms. The Morgan fingerprint density at radius 3 is 2.44 bits per heavy atom. The van der Waals surface area contributed by atoms with Crippen LogP contribution in [-0.4, -0.2) is 29.1 Å². The first kappa shape index (κ1) is 26.1. The molecular weight excluding hydrogens is 528 g/mol. The van der Waals surface area contributed by atoms with Crippen LogP contribution in [0.1, 0.15) is 18.4 Å². The van der Waals surface area contributed by atoms with Gasteiger partial charge < -0.3 is 20.3 Å². The van der Waals surface area contributed by atoms with Crippen molar-refractivity contribution >= 4 is 34.3 Å². The van der Waals surface area contributed by atoms with Crippen LogP contribution in [0.4, 0.5) is 48.3 Å². The molecule has 2 N–H and O–H groups in total. The molecule has 2 amide bonds. The summed E-state index contributed by atoms with van der Waals surface area (Å²) >= 11 is 0. The van der Waals surface area contributed by atoms with Crippen LogP contribution in [0.3, 0.4) is 0 Å². The number of alkyl halides is 3. The third-order valence-electron chi connectivity index (χ3n) is 5.96. The zero-order valence-electron chi connectivity index (χ0n) is 20.0. The van der Waals surface area contributed by atoms with Gasteiger partial charge in [0.05, 0.1) is 28.5 Å². The van der Waals surface area contributed by atoms with E-state index >= 15 is 4.39 Å². The maximum Gasteiger partial charge on any atom is 0.416 e. The fraction of sp³-hybridized carbons (Fsp3) is 0.192. The molecule has 0 unspecified atom stereocenters. The Labute approximate surface area is 217 Å². The molecule has 1 aliphatic rings. The smallest absolute Gasteiger partial charge is 0.416 e. The van der Waals surface area contributed by atoms with E-state index in [1.807, 2.05) is 10.2 Å². The van der Waals surface area contributed by atoms with Crippen molar-refractivity contribution in [2.75, 3.05) is 28.6 Å². The number of carbonyl (C=O) groups excluding carboxylic acids is 1. The van der Waals surface area contributed by atoms with Gasteiger partial charge in [-0.05, 0) is 43.2 Å². The van der Waals surface area contributed by atoms with Crippen molar-refractivity contribution in [2.45, 2.75) is 19.0 Å². The SMILES string of the molecule is O=C(Nc1cccc(C(F)(F)F)c1)Nc1cc(F)c(F)c(Oc2ccc3ncc(N4CCCC4)nc3c2)c1F. The molecule has 0 saturated carbocycles. The van der Waals surface area contributed by atoms with Gasteiger partial charge in [0.15, 0.2) is 11.6 Å². The van der Waals surface area contributed by atoms with Gasteiger partial charge in [0.1, 0.15) is 11.6 Å². The van der Waals surface area contributed by atoms with Gasteiger partial charge in [0, 0.05) is 30.9 Å². The molecule has 0 aliphatic carbocycles. The van der Waals surface area contributed by atoms with E-state index in [-0.39, 0.29) is 11.4 Å². The highest BCUT2D eigenvalue weighted by molar-refractivity contribution is 6.00. The number of hydrogen-bond donors (Lipinski definition) is 2. The molecule has 202 valence electrons. The molecule has 1 saturated heterocycles. The normalized spacial score (nSPS) is 13.5. The van der Waals surface area contributed by atoms with Gasteiger partial charge in [0.25, 0.3) is 0 Å². The largest absolute Gasteiger partial charge is 0.451 e. The minimum absolute atomic E-state index is 0.0712. The highest BCUT2D eigenvalue weighted by Crippen LogP contribution is 2.35. The number of amides is 2. The molecule has 0 atom stereocenters. The number of benzene rings is 3. The van der Waals surface area contributed by atoms with Crippen LogP contribution in [0.2, 0.25) is 0 Å². The molecule has 2 heterocycles. The van der Waals surface area contributed by atoms with E-state index in [2.05, 4.69) is 15.3 Å². The molecule has 3 aromatic carbocycles. The Morgan fingerprint density at radius 2 is 1.69 bits per heavy atom. The molecule has 1 aliphatic heterocycles. The molecule has 1 aromatic heterocycles. The number of nitrogens with zero attached hydrogens (tertiary/aromatic N) is 3. The van der Waals surface area contributed by atoms with Gasteiger partial charge in [0.2, 0.25) is 11.6 Å². The first-order valence-electron chi connectivity index (χ1n) is 11.7. The molecular formula is C26H19F6N5O2. The summed E-state index contributed by atoms with van der Waals surface area (Å²) < 4.78 is 88.0. The van der Waals surface area contributed by atoms with E-state index in [0.29, 0.717) is 29.0 Å². The minimum atomic E-state index is -4.66. The van der Waals surface area contributed by atoms with Gasteiger partial charge in [-0.25, -0.2) is 18.6 Å². The summed E-state index contributed by atoms with van der Waals surface area (Å²) in [5, 5.41) is 4.05. The predicted molar refractivity (Wildman–Crippen MR) is 131 cm³/mol. The maximum absolute atomic E-state index is 15.1. The third-order valence-corrected chi connectivity index (χ3v) is 5.96. The van der Waals surface area contributed by atoms with Crippen molar-refractivity contribution < 1.29 is 35.9 Å². The number of ether oxygens (including phenoxy) is 1. The van der Waals surface area contributed by atoms with Crippen LogP contribution in [0.5, 0.6) is 11.5 Å². The zero-order valence-corrected chi connectivity index (χ0v) is 20.0. The highest BCUT2D eigenvalue weighted by Gasteiger charge is 2.30. The minimum Gasteiger partial charge on any atom is -0.451 e. The Hall–Kier alpha value is -4.55. The number of halogens is 6. The van der Waals surface area contributed by atoms with E-state index in [1.165, 1.54) is 24.3 Å². The number of rotatable bonds is 5. The summed E-state index contributed by atoms with van der Waals surface area (Å²) in [7, 11) is 0. The summed E-state index contributed by atoms with van der Waals surface area (Å²) in [4.78, 5) is 23.2. The van der Waals surface area contributed by atoms with Gasteiger partial charge in [-0.15, -0.1) is 0 Å². The fourth-order valence-corrected chi connectivity index (χ4v) is 4.08. The van der Waals surface area contributed by atoms with Crippen molar-refractivity contribution in [3.05, 3.63) is 77.7 Å². The highest BCUT2D eigenvalue weighted by atomic mass is 19.4. The van der Waals surface area contributed by atoms with Crippen LogP contribution in [0, 0.1) is 17.5 Å². The molecule has 39 heavy (non-hydrogen) atoms. The maximum atomic E-state index is 15.1. The second kappa shape index (κ2) is 10.3. The second-order valence-corrected chi connectivity index (χ2v) is 8.70. The standard InChI is InChI=1S/C26H19F6N5O2/c27-17-12-20(36-25(38)34-15-5-3-4-14(10-15)26(30,31)32)23(29)24(22(17)28)39-16-6-7-18-19(11-16)35-21(13-33-18)37-8-1-2-9-37/h3-7,10-13H,1-2,8-9H2,(H2,34,36,38). The summed E-state index contributed by atoms with van der Waals surface area (Å²) in [6.07, 6.45) is -0.982. The van der Waals surface area contributed by atoms with E-state index in [1.54, 1.807) is 6.20 Å². The van der Waals surface area contributed by atoms with Crippen LogP contribution in [0.15, 0.2) is 54.7 Å². The van der Waals surface area contributed by atoms with Crippen LogP contribution in [-0.2, 0) is 6.18 Å². The predicted octanol–water partition coefficient (Wildman–Crippen LogP) is 7.10. The Morgan fingerprint density at radius 1 is 0.923 bits per heavy atom. The van der Waals surface area contributed by atoms with E-state index in [4.69, 9.17) is 4.74 Å². The molecule has 4 aromatic rings. The molecule has 7 nitrogen and oxygen atoms in total. The van der Waals surface area contributed by atoms with Crippen LogP contribution < -0.4 is 20.3 Å². The quantitative estimate of drug-likeness (QED) is 0.206. The van der Waals surface area contributed by atoms with E-state index in [9.17, 15) is 26.7 Å². The van der Waals surface area contributed by atoms with Crippen molar-refractivity contribution in [3.8, 4) is 11.5 Å². The van der Waals surface area contributed by atoms with Gasteiger partial charge in [-0.3, -0.25) is 4.98 Å². The average molecular weight is 547 g/mol. The van der Waals surface area contributed by atoms with Gasteiger partial charge in [-0.2, -0.15) is 17.6 Å². The lowest BCUT2D eigenvalue weighted by molar-refractivity contribution is -0.137. The van der Waals surface area contributed by atoms with Crippen LogP contribution in [0.25, 0.3) is 11.0 Å². The monoisotopic (exact) mass is 547 g/mol. The molecule has 0 radical (unpaired) electrons. The Balaban J connectivity index is 1.38. The summed E-state index contributed by atoms with van der Waals surface area (Å²) in [5.74, 6) is -5.18. The van der Waals surface area contributed by atoms with Crippen molar-refractivity contribution in [1.29, 1.82) is 0 Å². The summed E-state index contributed by atoms with van der Waals surface area (Å²) in [5.41, 5.74) is -1.20. The van der Waals surface area contributed by atoms with E-state index < -0.39 is 46.7 Å². The molecule has 1 fully saturated rings. The lowest BCUT2D eigenvalue weighted by Gasteiger charge is -2.16. The number of aromatic nitrogens is 2. The van der Waals surface area contributed by atoms with Crippen molar-refractivity contribution in [2.24, 2.45) is 0 Å². The number of carbonyl (C=O) groups is 1. The number of fused-ring (bicyclic) bond motifs is 1. The lowest BCUT2D eigenvalue weighted by Crippen LogP contribution is -2.21. The van der Waals surface area contributed by atoms with Crippen molar-refractivity contribution in [1.82, 2.24) is 9.97 Å². The third kappa shape index (κ3) is 5.66. The number of nitrogens with one attached hydrogen (secondary N) is 2. The number of urea groups is 1. The topological polar surface area (TPSA) is 79.4 Å². The second-order valence-electron chi connectivity index (χ2n) is 8.70. The van der Waals surface area contributed by atoms with Gasteiger partial charge >= 0.3 is 12.2 Å². The fourth-order valence-electron chi connectivity index (χ4n) is 4.08. The number of hydrogen-bond acceptors (Lipinski definition) is 5. The first-order chi connectivity index (χ1) is 18.6. The molecule has 5 rings (SSSR count). The Kier molecular flexibility index (Phi) is 6.89. The summed E-state index contributed by atoms with van der Waals surface area (Å²) in [6.45, 7) is 1.65. The van der Waals surface area contributed by atoms with Crippen LogP contribution >= 0.6 is 0 Å². The molecule has 13 heteroatoms. The van der Waals surface area contributed by atoms with E-state index in [0.717, 1.165) is 38.1 Å². The lowest BCUT2D eigenvalue weighted by atomic mass is 10.2. The number of anilines is 3. The Bertz CT molecular complexity index is 1560. The first-order valence-corrected chi connectivity index (χ1v) is 11.7. The molecule has 0 bridgehead atoms. The van der Waals surface area contributed by atoms with Crippen molar-refractivity contribution in [3.63, 3.8) is 0 Å². The van der Waals surface area contributed by atoms with Gasteiger partial charge in [-0.1, -0.05) is 6.07 Å². The zero-order chi connectivity index (χ0) is 27.7. The average Bonchev–Trinajstić information content (AvgIpc) is 3.44. The summed E-state index contributed by atoms with van der Waals surface area (Å²) in [6, 6.07) is 7.15.